The van der Waals surface area contributed by atoms with Gasteiger partial charge in [-0.3, -0.25) is 0 Å². The van der Waals surface area contributed by atoms with Gasteiger partial charge in [-0.2, -0.15) is 0 Å². The molecule has 6 nitrogen and oxygen atoms in total. The Hall–Kier alpha value is -4.32. The predicted molar refractivity (Wildman–Crippen MR) is 127 cm³/mol. The van der Waals surface area contributed by atoms with Gasteiger partial charge in [0.25, 0.3) is 0 Å². The van der Waals surface area contributed by atoms with Crippen LogP contribution < -0.4 is 20.7 Å². The number of rotatable bonds is 5. The fourth-order valence-electron chi connectivity index (χ4n) is 3.94. The van der Waals surface area contributed by atoms with Crippen LogP contribution in [0.1, 0.15) is 6.92 Å². The Morgan fingerprint density at radius 2 is 1.58 bits per heavy atom. The van der Waals surface area contributed by atoms with Crippen molar-refractivity contribution in [3.05, 3.63) is 93.6 Å². The van der Waals surface area contributed by atoms with Crippen molar-refractivity contribution in [2.75, 3.05) is 13.7 Å². The van der Waals surface area contributed by atoms with E-state index in [1.165, 1.54) is 6.07 Å². The Labute approximate surface area is 188 Å². The van der Waals surface area contributed by atoms with Crippen molar-refractivity contribution in [2.24, 2.45) is 0 Å². The zero-order valence-electron chi connectivity index (χ0n) is 18.1. The Balaban J connectivity index is 1.72. The summed E-state index contributed by atoms with van der Waals surface area (Å²) in [7, 11) is 1.60. The van der Waals surface area contributed by atoms with Crippen molar-refractivity contribution >= 4 is 21.9 Å². The predicted octanol–water partition coefficient (Wildman–Crippen LogP) is 5.64. The molecule has 0 fully saturated rings. The van der Waals surface area contributed by atoms with Crippen molar-refractivity contribution in [1.29, 1.82) is 0 Å². The molecule has 5 rings (SSSR count). The van der Waals surface area contributed by atoms with Crippen LogP contribution in [0, 0.1) is 0 Å². The lowest BCUT2D eigenvalue weighted by molar-refractivity contribution is 0.340. The normalized spacial score (nSPS) is 11.1. The van der Waals surface area contributed by atoms with Crippen LogP contribution in [0.15, 0.2) is 91.2 Å². The summed E-state index contributed by atoms with van der Waals surface area (Å²) in [4.78, 5) is 25.4. The quantitative estimate of drug-likeness (QED) is 0.329. The highest BCUT2D eigenvalue weighted by atomic mass is 16.5. The first-order valence-corrected chi connectivity index (χ1v) is 10.5. The molecule has 164 valence electrons. The van der Waals surface area contributed by atoms with E-state index in [2.05, 4.69) is 0 Å². The molecule has 2 aromatic heterocycles. The highest BCUT2D eigenvalue weighted by molar-refractivity contribution is 6.01. The summed E-state index contributed by atoms with van der Waals surface area (Å²) in [5.41, 5.74) is 2.06. The van der Waals surface area contributed by atoms with Crippen molar-refractivity contribution in [2.45, 2.75) is 6.92 Å². The van der Waals surface area contributed by atoms with E-state index in [0.717, 1.165) is 10.9 Å². The van der Waals surface area contributed by atoms with E-state index in [-0.39, 0.29) is 0 Å². The molecule has 0 spiro atoms. The summed E-state index contributed by atoms with van der Waals surface area (Å²) in [6.45, 7) is 2.40. The van der Waals surface area contributed by atoms with Crippen LogP contribution >= 0.6 is 0 Å². The molecule has 6 heteroatoms. The molecular formula is C27H20O6. The number of benzene rings is 3. The molecule has 3 aromatic carbocycles. The van der Waals surface area contributed by atoms with Crippen molar-refractivity contribution in [1.82, 2.24) is 0 Å². The molecule has 5 aromatic rings. The molecule has 0 atom stereocenters. The molecule has 0 bridgehead atoms. The molecule has 0 unspecified atom stereocenters. The van der Waals surface area contributed by atoms with Crippen molar-refractivity contribution in [3.8, 4) is 33.8 Å². The Morgan fingerprint density at radius 1 is 0.788 bits per heavy atom. The molecule has 0 radical (unpaired) electrons. The van der Waals surface area contributed by atoms with Crippen LogP contribution in [0.4, 0.5) is 0 Å². The first-order chi connectivity index (χ1) is 16.1. The molecule has 0 N–H and O–H groups in total. The van der Waals surface area contributed by atoms with Crippen LogP contribution in [-0.2, 0) is 0 Å². The molecular weight excluding hydrogens is 420 g/mol. The standard InChI is InChI=1S/C27H20O6/c1-3-31-19-12-9-17-13-23(27(29)32-24(17)14-19)21-6-4-5-20-22(15-25(28)33-26(20)21)16-7-10-18(30-2)11-8-16/h4-15H,3H2,1-2H3. The topological polar surface area (TPSA) is 78.9 Å². The summed E-state index contributed by atoms with van der Waals surface area (Å²) in [6.07, 6.45) is 0. The van der Waals surface area contributed by atoms with Gasteiger partial charge in [0.15, 0.2) is 0 Å². The van der Waals surface area contributed by atoms with E-state index < -0.39 is 11.3 Å². The lowest BCUT2D eigenvalue weighted by atomic mass is 9.97. The second-order valence-corrected chi connectivity index (χ2v) is 7.47. The van der Waals surface area contributed by atoms with E-state index in [4.69, 9.17) is 18.3 Å². The number of hydrogen-bond donors (Lipinski definition) is 0. The smallest absolute Gasteiger partial charge is 0.344 e. The summed E-state index contributed by atoms with van der Waals surface area (Å²) in [5, 5.41) is 1.45. The molecule has 0 amide bonds. The molecule has 0 saturated heterocycles. The maximum Gasteiger partial charge on any atom is 0.344 e. The fraction of sp³-hybridized carbons (Fsp3) is 0.111. The summed E-state index contributed by atoms with van der Waals surface area (Å²) in [5.74, 6) is 1.34. The second-order valence-electron chi connectivity index (χ2n) is 7.47. The van der Waals surface area contributed by atoms with Crippen LogP contribution in [0.5, 0.6) is 11.5 Å². The van der Waals surface area contributed by atoms with E-state index >= 15 is 0 Å². The lowest BCUT2D eigenvalue weighted by Crippen LogP contribution is -2.05. The maximum atomic E-state index is 12.9. The summed E-state index contributed by atoms with van der Waals surface area (Å²) >= 11 is 0. The Morgan fingerprint density at radius 3 is 2.33 bits per heavy atom. The van der Waals surface area contributed by atoms with Gasteiger partial charge < -0.3 is 18.3 Å². The molecule has 0 aliphatic heterocycles. The average molecular weight is 440 g/mol. The molecule has 33 heavy (non-hydrogen) atoms. The van der Waals surface area contributed by atoms with Crippen LogP contribution in [-0.4, -0.2) is 13.7 Å². The van der Waals surface area contributed by atoms with Gasteiger partial charge in [0.2, 0.25) is 0 Å². The van der Waals surface area contributed by atoms with Crippen molar-refractivity contribution in [3.63, 3.8) is 0 Å². The molecule has 0 aliphatic rings. The van der Waals surface area contributed by atoms with Gasteiger partial charge >= 0.3 is 11.3 Å². The minimum Gasteiger partial charge on any atom is -0.497 e. The average Bonchev–Trinajstić information content (AvgIpc) is 2.83. The second kappa shape index (κ2) is 8.31. The number of methoxy groups -OCH3 is 1. The zero-order valence-corrected chi connectivity index (χ0v) is 18.1. The van der Waals surface area contributed by atoms with Gasteiger partial charge in [-0.25, -0.2) is 9.59 Å². The van der Waals surface area contributed by atoms with Crippen LogP contribution in [0.25, 0.3) is 44.2 Å². The van der Waals surface area contributed by atoms with Gasteiger partial charge in [0.05, 0.1) is 19.3 Å². The van der Waals surface area contributed by atoms with E-state index in [9.17, 15) is 9.59 Å². The minimum atomic E-state index is -0.527. The fourth-order valence-corrected chi connectivity index (χ4v) is 3.94. The van der Waals surface area contributed by atoms with Crippen LogP contribution in [0.3, 0.4) is 0 Å². The highest BCUT2D eigenvalue weighted by Crippen LogP contribution is 2.34. The molecule has 0 saturated carbocycles. The Bertz CT molecular complexity index is 1590. The number of ether oxygens (including phenoxy) is 2. The number of para-hydroxylation sites is 1. The van der Waals surface area contributed by atoms with Gasteiger partial charge in [0, 0.05) is 28.5 Å². The SMILES string of the molecule is CCOc1ccc2cc(-c3cccc4c(-c5ccc(OC)cc5)cc(=O)oc34)c(=O)oc2c1. The van der Waals surface area contributed by atoms with Crippen molar-refractivity contribution < 1.29 is 18.3 Å². The van der Waals surface area contributed by atoms with Gasteiger partial charge in [0.1, 0.15) is 22.7 Å². The third-order valence-corrected chi connectivity index (χ3v) is 5.48. The zero-order chi connectivity index (χ0) is 22.9. The van der Waals surface area contributed by atoms with E-state index in [0.29, 0.717) is 51.3 Å². The Kier molecular flexibility index (Phi) is 5.18. The molecule has 2 heterocycles. The van der Waals surface area contributed by atoms with E-state index in [1.807, 2.05) is 55.5 Å². The highest BCUT2D eigenvalue weighted by Gasteiger charge is 2.16. The first kappa shape index (κ1) is 20.6. The lowest BCUT2D eigenvalue weighted by Gasteiger charge is -2.10. The third kappa shape index (κ3) is 3.76. The monoisotopic (exact) mass is 440 g/mol. The van der Waals surface area contributed by atoms with Crippen LogP contribution in [0.2, 0.25) is 0 Å². The maximum absolute atomic E-state index is 12.9. The number of fused-ring (bicyclic) bond motifs is 2. The summed E-state index contributed by atoms with van der Waals surface area (Å²) < 4.78 is 21.9. The number of hydrogen-bond acceptors (Lipinski definition) is 6. The first-order valence-electron chi connectivity index (χ1n) is 10.5. The third-order valence-electron chi connectivity index (χ3n) is 5.48. The minimum absolute atomic E-state index is 0.312. The van der Waals surface area contributed by atoms with E-state index in [1.54, 1.807) is 25.3 Å². The summed E-state index contributed by atoms with van der Waals surface area (Å²) in [6, 6.07) is 21.4. The van der Waals surface area contributed by atoms with Gasteiger partial charge in [-0.1, -0.05) is 30.3 Å². The molecule has 0 aliphatic carbocycles. The van der Waals surface area contributed by atoms with Gasteiger partial charge in [-0.05, 0) is 48.4 Å². The largest absolute Gasteiger partial charge is 0.497 e. The van der Waals surface area contributed by atoms with Gasteiger partial charge in [-0.15, -0.1) is 0 Å².